The van der Waals surface area contributed by atoms with E-state index in [0.717, 1.165) is 6.54 Å². The molecule has 0 spiro atoms. The maximum Gasteiger partial charge on any atom is 0.222 e. The summed E-state index contributed by atoms with van der Waals surface area (Å²) in [5, 5.41) is 2.99. The van der Waals surface area contributed by atoms with E-state index in [2.05, 4.69) is 15.3 Å². The SMILES string of the molecule is CC.CCNc1ncccn1. The summed E-state index contributed by atoms with van der Waals surface area (Å²) in [7, 11) is 0. The number of nitrogens with one attached hydrogen (secondary N) is 1. The van der Waals surface area contributed by atoms with Crippen molar-refractivity contribution in [3.8, 4) is 0 Å². The van der Waals surface area contributed by atoms with Crippen LogP contribution in [0, 0.1) is 0 Å². The van der Waals surface area contributed by atoms with Crippen molar-refractivity contribution in [1.82, 2.24) is 9.97 Å². The summed E-state index contributed by atoms with van der Waals surface area (Å²) in [4.78, 5) is 7.89. The van der Waals surface area contributed by atoms with Crippen LogP contribution in [-0.4, -0.2) is 16.5 Å². The first-order chi connectivity index (χ1) is 5.43. The summed E-state index contributed by atoms with van der Waals surface area (Å²) in [5.74, 6) is 0.694. The standard InChI is InChI=1S/C6H9N3.C2H6/c1-2-7-6-8-4-3-5-9-6;1-2/h3-5H,2H2,1H3,(H,7,8,9);1-2H3. The van der Waals surface area contributed by atoms with Gasteiger partial charge >= 0.3 is 0 Å². The molecule has 0 atom stereocenters. The first-order valence-electron chi connectivity index (χ1n) is 3.94. The van der Waals surface area contributed by atoms with Gasteiger partial charge in [-0.2, -0.15) is 0 Å². The van der Waals surface area contributed by atoms with Crippen LogP contribution < -0.4 is 5.32 Å². The lowest BCUT2D eigenvalue weighted by atomic mass is 10.6. The molecule has 0 aliphatic rings. The molecular formula is C8H15N3. The van der Waals surface area contributed by atoms with Crippen LogP contribution in [0.2, 0.25) is 0 Å². The van der Waals surface area contributed by atoms with Gasteiger partial charge in [0.1, 0.15) is 0 Å². The third-order valence-electron chi connectivity index (χ3n) is 0.901. The van der Waals surface area contributed by atoms with Crippen LogP contribution in [0.1, 0.15) is 20.8 Å². The average molecular weight is 153 g/mol. The van der Waals surface area contributed by atoms with Gasteiger partial charge in [-0.05, 0) is 13.0 Å². The number of hydrogen-bond acceptors (Lipinski definition) is 3. The minimum atomic E-state index is 0.694. The number of aromatic nitrogens is 2. The lowest BCUT2D eigenvalue weighted by Crippen LogP contribution is -2.00. The van der Waals surface area contributed by atoms with E-state index in [9.17, 15) is 0 Å². The molecule has 1 heterocycles. The Morgan fingerprint density at radius 2 is 1.82 bits per heavy atom. The van der Waals surface area contributed by atoms with Gasteiger partial charge in [-0.1, -0.05) is 13.8 Å². The van der Waals surface area contributed by atoms with Gasteiger partial charge in [-0.3, -0.25) is 0 Å². The van der Waals surface area contributed by atoms with Gasteiger partial charge in [0.05, 0.1) is 0 Å². The summed E-state index contributed by atoms with van der Waals surface area (Å²) in [6.07, 6.45) is 3.43. The van der Waals surface area contributed by atoms with Gasteiger partial charge in [0, 0.05) is 18.9 Å². The van der Waals surface area contributed by atoms with Crippen molar-refractivity contribution in [2.45, 2.75) is 20.8 Å². The molecule has 1 aromatic rings. The second kappa shape index (κ2) is 6.99. The smallest absolute Gasteiger partial charge is 0.222 e. The molecule has 3 nitrogen and oxygen atoms in total. The average Bonchev–Trinajstić information content (AvgIpc) is 2.11. The largest absolute Gasteiger partial charge is 0.355 e. The Labute approximate surface area is 67.9 Å². The lowest BCUT2D eigenvalue weighted by molar-refractivity contribution is 1.08. The number of nitrogens with zero attached hydrogens (tertiary/aromatic N) is 2. The van der Waals surface area contributed by atoms with Crippen LogP contribution in [0.25, 0.3) is 0 Å². The fourth-order valence-electron chi connectivity index (χ4n) is 0.548. The summed E-state index contributed by atoms with van der Waals surface area (Å²) in [6, 6.07) is 1.79. The van der Waals surface area contributed by atoms with Gasteiger partial charge in [0.2, 0.25) is 5.95 Å². The van der Waals surface area contributed by atoms with Crippen LogP contribution in [0.5, 0.6) is 0 Å². The normalized spacial score (nSPS) is 7.91. The summed E-state index contributed by atoms with van der Waals surface area (Å²) < 4.78 is 0. The van der Waals surface area contributed by atoms with Crippen molar-refractivity contribution in [2.75, 3.05) is 11.9 Å². The maximum atomic E-state index is 3.95. The molecule has 0 bridgehead atoms. The summed E-state index contributed by atoms with van der Waals surface area (Å²) >= 11 is 0. The highest BCUT2D eigenvalue weighted by atomic mass is 15.1. The van der Waals surface area contributed by atoms with E-state index in [4.69, 9.17) is 0 Å². The van der Waals surface area contributed by atoms with E-state index >= 15 is 0 Å². The minimum Gasteiger partial charge on any atom is -0.355 e. The molecule has 0 unspecified atom stereocenters. The number of anilines is 1. The molecule has 0 saturated heterocycles. The molecule has 0 aliphatic carbocycles. The molecule has 1 rings (SSSR count). The van der Waals surface area contributed by atoms with Gasteiger partial charge in [-0.25, -0.2) is 9.97 Å². The fourth-order valence-corrected chi connectivity index (χ4v) is 0.548. The van der Waals surface area contributed by atoms with E-state index in [1.807, 2.05) is 20.8 Å². The molecule has 0 radical (unpaired) electrons. The summed E-state index contributed by atoms with van der Waals surface area (Å²) in [6.45, 7) is 6.88. The monoisotopic (exact) mass is 153 g/mol. The third kappa shape index (κ3) is 4.31. The molecule has 0 saturated carbocycles. The van der Waals surface area contributed by atoms with Gasteiger partial charge in [-0.15, -0.1) is 0 Å². The molecule has 62 valence electrons. The molecular weight excluding hydrogens is 138 g/mol. The Morgan fingerprint density at radius 1 is 1.27 bits per heavy atom. The van der Waals surface area contributed by atoms with Crippen molar-refractivity contribution in [1.29, 1.82) is 0 Å². The Balaban J connectivity index is 0.000000461. The predicted octanol–water partition coefficient (Wildman–Crippen LogP) is 1.93. The highest BCUT2D eigenvalue weighted by Crippen LogP contribution is 1.90. The Hall–Kier alpha value is -1.12. The first-order valence-corrected chi connectivity index (χ1v) is 3.94. The first kappa shape index (κ1) is 9.88. The molecule has 0 fully saturated rings. The van der Waals surface area contributed by atoms with Crippen molar-refractivity contribution < 1.29 is 0 Å². The second-order valence-corrected chi connectivity index (χ2v) is 1.60. The Kier molecular flexibility index (Phi) is 6.28. The van der Waals surface area contributed by atoms with E-state index in [1.165, 1.54) is 0 Å². The van der Waals surface area contributed by atoms with Crippen molar-refractivity contribution >= 4 is 5.95 Å². The Bertz CT molecular complexity index is 162. The van der Waals surface area contributed by atoms with E-state index in [1.54, 1.807) is 18.5 Å². The molecule has 0 amide bonds. The van der Waals surface area contributed by atoms with E-state index in [-0.39, 0.29) is 0 Å². The number of rotatable bonds is 2. The highest BCUT2D eigenvalue weighted by molar-refractivity contribution is 5.20. The number of hydrogen-bond donors (Lipinski definition) is 1. The van der Waals surface area contributed by atoms with Crippen molar-refractivity contribution in [2.24, 2.45) is 0 Å². The molecule has 0 aliphatic heterocycles. The van der Waals surface area contributed by atoms with Crippen molar-refractivity contribution in [3.05, 3.63) is 18.5 Å². The second-order valence-electron chi connectivity index (χ2n) is 1.60. The molecule has 1 aromatic heterocycles. The maximum absolute atomic E-state index is 3.95. The van der Waals surface area contributed by atoms with E-state index in [0.29, 0.717) is 5.95 Å². The van der Waals surface area contributed by atoms with Crippen LogP contribution in [0.4, 0.5) is 5.95 Å². The quantitative estimate of drug-likeness (QED) is 0.705. The van der Waals surface area contributed by atoms with E-state index < -0.39 is 0 Å². The van der Waals surface area contributed by atoms with Gasteiger partial charge in [0.25, 0.3) is 0 Å². The third-order valence-corrected chi connectivity index (χ3v) is 0.901. The molecule has 0 aromatic carbocycles. The lowest BCUT2D eigenvalue weighted by Gasteiger charge is -1.96. The Morgan fingerprint density at radius 3 is 2.27 bits per heavy atom. The fraction of sp³-hybridized carbons (Fsp3) is 0.500. The molecule has 3 heteroatoms. The van der Waals surface area contributed by atoms with Gasteiger partial charge < -0.3 is 5.32 Å². The van der Waals surface area contributed by atoms with Crippen LogP contribution in [0.15, 0.2) is 18.5 Å². The zero-order chi connectivity index (χ0) is 8.53. The van der Waals surface area contributed by atoms with Gasteiger partial charge in [0.15, 0.2) is 0 Å². The zero-order valence-corrected chi connectivity index (χ0v) is 7.33. The zero-order valence-electron chi connectivity index (χ0n) is 7.33. The highest BCUT2D eigenvalue weighted by Gasteiger charge is 1.85. The van der Waals surface area contributed by atoms with Crippen molar-refractivity contribution in [3.63, 3.8) is 0 Å². The molecule has 11 heavy (non-hydrogen) atoms. The summed E-state index contributed by atoms with van der Waals surface area (Å²) in [5.41, 5.74) is 0. The minimum absolute atomic E-state index is 0.694. The predicted molar refractivity (Wildman–Crippen MR) is 47.5 cm³/mol. The van der Waals surface area contributed by atoms with Crippen LogP contribution in [0.3, 0.4) is 0 Å². The van der Waals surface area contributed by atoms with Crippen LogP contribution >= 0.6 is 0 Å². The topological polar surface area (TPSA) is 37.8 Å². The van der Waals surface area contributed by atoms with Crippen LogP contribution in [-0.2, 0) is 0 Å². The molecule has 1 N–H and O–H groups in total.